The van der Waals surface area contributed by atoms with Crippen LogP contribution in [0, 0.1) is 5.82 Å². The summed E-state index contributed by atoms with van der Waals surface area (Å²) in [4.78, 5) is 0. The van der Waals surface area contributed by atoms with Crippen LogP contribution in [0.15, 0.2) is 18.2 Å². The summed E-state index contributed by atoms with van der Waals surface area (Å²) in [6.45, 7) is 2.03. The fourth-order valence-corrected chi connectivity index (χ4v) is 1.97. The zero-order chi connectivity index (χ0) is 12.4. The fraction of sp³-hybridized carbons (Fsp3) is 0.273. The molecule has 0 spiro atoms. The number of halogens is 3. The van der Waals surface area contributed by atoms with Gasteiger partial charge in [-0.3, -0.25) is 4.57 Å². The quantitative estimate of drug-likeness (QED) is 0.855. The van der Waals surface area contributed by atoms with E-state index in [4.69, 9.17) is 23.2 Å². The first kappa shape index (κ1) is 12.3. The minimum absolute atomic E-state index is 0.0507. The van der Waals surface area contributed by atoms with Crippen molar-refractivity contribution in [1.82, 2.24) is 14.8 Å². The van der Waals surface area contributed by atoms with Crippen LogP contribution in [0.25, 0.3) is 5.69 Å². The summed E-state index contributed by atoms with van der Waals surface area (Å²) >= 11 is 11.7. The van der Waals surface area contributed by atoms with E-state index in [-0.39, 0.29) is 10.3 Å². The van der Waals surface area contributed by atoms with Gasteiger partial charge in [0.05, 0.1) is 10.7 Å². The Morgan fingerprint density at radius 2 is 2.06 bits per heavy atom. The van der Waals surface area contributed by atoms with Crippen molar-refractivity contribution in [3.8, 4) is 5.69 Å². The summed E-state index contributed by atoms with van der Waals surface area (Å²) in [7, 11) is 0. The van der Waals surface area contributed by atoms with Crippen LogP contribution < -0.4 is 0 Å². The van der Waals surface area contributed by atoms with Crippen molar-refractivity contribution in [1.29, 1.82) is 0 Å². The van der Waals surface area contributed by atoms with Crippen LogP contribution in [0.4, 0.5) is 4.39 Å². The molecule has 0 saturated heterocycles. The first-order valence-corrected chi connectivity index (χ1v) is 5.94. The van der Waals surface area contributed by atoms with Crippen LogP contribution in [0.2, 0.25) is 10.3 Å². The molecule has 0 bridgehead atoms. The van der Waals surface area contributed by atoms with E-state index in [2.05, 4.69) is 10.2 Å². The Morgan fingerprint density at radius 1 is 1.29 bits per heavy atom. The predicted octanol–water partition coefficient (Wildman–Crippen LogP) is 3.67. The topological polar surface area (TPSA) is 30.7 Å². The zero-order valence-electron chi connectivity index (χ0n) is 9.12. The lowest BCUT2D eigenvalue weighted by molar-refractivity contribution is 0.627. The maximum atomic E-state index is 13.1. The lowest BCUT2D eigenvalue weighted by atomic mass is 10.3. The Hall–Kier alpha value is -1.13. The standard InChI is InChI=1S/C11H10Cl2FN3/c1-2-3-10-15-16-11(13)17(10)7-4-5-9(14)8(12)6-7/h4-6H,2-3H2,1H3. The van der Waals surface area contributed by atoms with E-state index in [0.717, 1.165) is 18.7 Å². The molecular formula is C11H10Cl2FN3. The maximum absolute atomic E-state index is 13.1. The molecule has 0 aliphatic rings. The molecule has 3 nitrogen and oxygen atoms in total. The Labute approximate surface area is 108 Å². The summed E-state index contributed by atoms with van der Waals surface area (Å²) in [6, 6.07) is 4.39. The monoisotopic (exact) mass is 273 g/mol. The lowest BCUT2D eigenvalue weighted by Crippen LogP contribution is -2.01. The second-order valence-electron chi connectivity index (χ2n) is 3.57. The van der Waals surface area contributed by atoms with E-state index in [0.29, 0.717) is 5.69 Å². The fourth-order valence-electron chi connectivity index (χ4n) is 1.56. The molecule has 1 aromatic heterocycles. The third-order valence-corrected chi connectivity index (χ3v) is 2.86. The largest absolute Gasteiger partial charge is 0.270 e. The lowest BCUT2D eigenvalue weighted by Gasteiger charge is -2.07. The van der Waals surface area contributed by atoms with Gasteiger partial charge in [-0.2, -0.15) is 0 Å². The van der Waals surface area contributed by atoms with Crippen molar-refractivity contribution in [2.45, 2.75) is 19.8 Å². The molecule has 0 aliphatic carbocycles. The van der Waals surface area contributed by atoms with Crippen molar-refractivity contribution in [2.75, 3.05) is 0 Å². The van der Waals surface area contributed by atoms with Gasteiger partial charge in [-0.15, -0.1) is 10.2 Å². The average molecular weight is 274 g/mol. The number of hydrogen-bond donors (Lipinski definition) is 0. The first-order valence-electron chi connectivity index (χ1n) is 5.18. The number of benzene rings is 1. The Balaban J connectivity index is 2.51. The molecule has 2 rings (SSSR count). The minimum atomic E-state index is -0.461. The highest BCUT2D eigenvalue weighted by atomic mass is 35.5. The number of nitrogens with zero attached hydrogens (tertiary/aromatic N) is 3. The summed E-state index contributed by atoms with van der Waals surface area (Å²) in [5.41, 5.74) is 0.662. The van der Waals surface area contributed by atoms with Gasteiger partial charge in [0, 0.05) is 6.42 Å². The van der Waals surface area contributed by atoms with Gasteiger partial charge in [0.15, 0.2) is 0 Å². The van der Waals surface area contributed by atoms with Gasteiger partial charge >= 0.3 is 0 Å². The molecule has 1 aromatic carbocycles. The maximum Gasteiger partial charge on any atom is 0.229 e. The van der Waals surface area contributed by atoms with Gasteiger partial charge in [-0.25, -0.2) is 4.39 Å². The molecule has 2 aromatic rings. The van der Waals surface area contributed by atoms with Crippen molar-refractivity contribution < 1.29 is 4.39 Å². The normalized spacial score (nSPS) is 10.8. The van der Waals surface area contributed by atoms with Crippen LogP contribution in [-0.2, 0) is 6.42 Å². The number of rotatable bonds is 3. The number of aromatic nitrogens is 3. The highest BCUT2D eigenvalue weighted by Gasteiger charge is 2.12. The van der Waals surface area contributed by atoms with E-state index in [9.17, 15) is 4.39 Å². The Morgan fingerprint density at radius 3 is 2.71 bits per heavy atom. The van der Waals surface area contributed by atoms with Gasteiger partial charge in [0.25, 0.3) is 0 Å². The molecule has 0 N–H and O–H groups in total. The zero-order valence-corrected chi connectivity index (χ0v) is 10.6. The van der Waals surface area contributed by atoms with Gasteiger partial charge in [-0.1, -0.05) is 18.5 Å². The summed E-state index contributed by atoms with van der Waals surface area (Å²) in [5.74, 6) is 0.275. The van der Waals surface area contributed by atoms with Crippen molar-refractivity contribution in [3.63, 3.8) is 0 Å². The molecule has 0 aliphatic heterocycles. The van der Waals surface area contributed by atoms with Gasteiger partial charge < -0.3 is 0 Å². The van der Waals surface area contributed by atoms with Gasteiger partial charge in [0.2, 0.25) is 5.28 Å². The minimum Gasteiger partial charge on any atom is -0.270 e. The predicted molar refractivity (Wildman–Crippen MR) is 65.3 cm³/mol. The second-order valence-corrected chi connectivity index (χ2v) is 4.31. The SMILES string of the molecule is CCCc1nnc(Cl)n1-c1ccc(F)c(Cl)c1. The number of hydrogen-bond acceptors (Lipinski definition) is 2. The highest BCUT2D eigenvalue weighted by Crippen LogP contribution is 2.23. The second kappa shape index (κ2) is 5.02. The van der Waals surface area contributed by atoms with E-state index >= 15 is 0 Å². The van der Waals surface area contributed by atoms with Crippen LogP contribution in [0.5, 0.6) is 0 Å². The molecule has 0 atom stereocenters. The van der Waals surface area contributed by atoms with Crippen molar-refractivity contribution >= 4 is 23.2 Å². The van der Waals surface area contributed by atoms with Crippen LogP contribution >= 0.6 is 23.2 Å². The first-order chi connectivity index (χ1) is 8.13. The molecular weight excluding hydrogens is 264 g/mol. The van der Waals surface area contributed by atoms with Gasteiger partial charge in [-0.05, 0) is 36.2 Å². The third kappa shape index (κ3) is 2.42. The Kier molecular flexibility index (Phi) is 3.64. The summed E-state index contributed by atoms with van der Waals surface area (Å²) in [6.07, 6.45) is 1.67. The summed E-state index contributed by atoms with van der Waals surface area (Å²) < 4.78 is 14.7. The Bertz CT molecular complexity index is 540. The van der Waals surface area contributed by atoms with E-state index in [1.54, 1.807) is 10.6 Å². The van der Waals surface area contributed by atoms with Crippen molar-refractivity contribution in [2.24, 2.45) is 0 Å². The van der Waals surface area contributed by atoms with Crippen LogP contribution in [0.3, 0.4) is 0 Å². The van der Waals surface area contributed by atoms with E-state index in [1.807, 2.05) is 6.92 Å². The number of aryl methyl sites for hydroxylation is 1. The average Bonchev–Trinajstić information content (AvgIpc) is 2.65. The molecule has 0 fully saturated rings. The molecule has 0 radical (unpaired) electrons. The molecule has 90 valence electrons. The molecule has 0 amide bonds. The molecule has 6 heteroatoms. The van der Waals surface area contributed by atoms with E-state index < -0.39 is 5.82 Å². The summed E-state index contributed by atoms with van der Waals surface area (Å²) in [5, 5.41) is 8.08. The van der Waals surface area contributed by atoms with Crippen LogP contribution in [0.1, 0.15) is 19.2 Å². The molecule has 0 unspecified atom stereocenters. The molecule has 1 heterocycles. The van der Waals surface area contributed by atoms with Crippen molar-refractivity contribution in [3.05, 3.63) is 40.1 Å². The third-order valence-electron chi connectivity index (χ3n) is 2.33. The smallest absolute Gasteiger partial charge is 0.229 e. The highest BCUT2D eigenvalue weighted by molar-refractivity contribution is 6.31. The van der Waals surface area contributed by atoms with E-state index in [1.165, 1.54) is 12.1 Å². The van der Waals surface area contributed by atoms with Gasteiger partial charge in [0.1, 0.15) is 11.6 Å². The molecule has 17 heavy (non-hydrogen) atoms. The van der Waals surface area contributed by atoms with Crippen LogP contribution in [-0.4, -0.2) is 14.8 Å². The molecule has 0 saturated carbocycles.